The Bertz CT molecular complexity index is 313. The molecular formula is C14H22O3. The van der Waals surface area contributed by atoms with Gasteiger partial charge in [-0.25, -0.2) is 0 Å². The summed E-state index contributed by atoms with van der Waals surface area (Å²) in [5, 5.41) is 0. The summed E-state index contributed by atoms with van der Waals surface area (Å²) in [4.78, 5) is 21.9. The molecule has 17 heavy (non-hydrogen) atoms. The molecule has 2 aliphatic rings. The van der Waals surface area contributed by atoms with E-state index in [0.717, 1.165) is 32.0 Å². The van der Waals surface area contributed by atoms with Crippen LogP contribution in [0.1, 0.15) is 52.4 Å². The molecule has 2 rings (SSSR count). The molecule has 96 valence electrons. The third kappa shape index (κ3) is 2.24. The Hall–Kier alpha value is -0.860. The van der Waals surface area contributed by atoms with Crippen LogP contribution < -0.4 is 0 Å². The molecule has 0 aromatic rings. The number of aldehydes is 1. The molecule has 0 aromatic heterocycles. The van der Waals surface area contributed by atoms with E-state index in [-0.39, 0.29) is 17.5 Å². The maximum atomic E-state index is 11.1. The lowest BCUT2D eigenvalue weighted by Gasteiger charge is -2.44. The predicted molar refractivity (Wildman–Crippen MR) is 64.4 cm³/mol. The van der Waals surface area contributed by atoms with Gasteiger partial charge in [-0.3, -0.25) is 4.79 Å². The average Bonchev–Trinajstić information content (AvgIpc) is 2.57. The van der Waals surface area contributed by atoms with Crippen LogP contribution in [0.3, 0.4) is 0 Å². The third-order valence-corrected chi connectivity index (χ3v) is 4.96. The molecule has 0 heterocycles. The summed E-state index contributed by atoms with van der Waals surface area (Å²) in [7, 11) is 0. The van der Waals surface area contributed by atoms with Crippen molar-refractivity contribution in [1.82, 2.24) is 0 Å². The molecule has 0 aromatic carbocycles. The Balaban J connectivity index is 2.12. The molecule has 2 unspecified atom stereocenters. The van der Waals surface area contributed by atoms with Gasteiger partial charge in [-0.05, 0) is 43.4 Å². The second-order valence-corrected chi connectivity index (χ2v) is 5.83. The van der Waals surface area contributed by atoms with Crippen molar-refractivity contribution in [2.45, 2.75) is 58.5 Å². The van der Waals surface area contributed by atoms with Gasteiger partial charge < -0.3 is 9.53 Å². The van der Waals surface area contributed by atoms with Gasteiger partial charge in [0.25, 0.3) is 0 Å². The molecule has 0 N–H and O–H groups in total. The number of esters is 1. The molecule has 3 nitrogen and oxygen atoms in total. The first-order valence-electron chi connectivity index (χ1n) is 6.69. The van der Waals surface area contributed by atoms with Crippen LogP contribution in [0.4, 0.5) is 0 Å². The zero-order valence-corrected chi connectivity index (χ0v) is 10.8. The van der Waals surface area contributed by atoms with Crippen molar-refractivity contribution >= 4 is 12.3 Å². The number of hydrogen-bond donors (Lipinski definition) is 0. The van der Waals surface area contributed by atoms with Gasteiger partial charge in [-0.15, -0.1) is 0 Å². The summed E-state index contributed by atoms with van der Waals surface area (Å²) < 4.78 is 5.47. The van der Waals surface area contributed by atoms with Gasteiger partial charge in [-0.2, -0.15) is 0 Å². The number of carbonyl (C=O) groups excluding carboxylic acids is 2. The highest BCUT2D eigenvalue weighted by Gasteiger charge is 2.51. The highest BCUT2D eigenvalue weighted by atomic mass is 16.5. The number of ether oxygens (including phenoxy) is 1. The van der Waals surface area contributed by atoms with Gasteiger partial charge >= 0.3 is 5.97 Å². The smallest absolute Gasteiger partial charge is 0.302 e. The van der Waals surface area contributed by atoms with Gasteiger partial charge in [0, 0.05) is 19.3 Å². The van der Waals surface area contributed by atoms with Crippen molar-refractivity contribution in [3.05, 3.63) is 0 Å². The van der Waals surface area contributed by atoms with E-state index in [9.17, 15) is 9.59 Å². The van der Waals surface area contributed by atoms with E-state index in [2.05, 4.69) is 6.92 Å². The molecule has 0 saturated heterocycles. The van der Waals surface area contributed by atoms with Crippen LogP contribution in [0.15, 0.2) is 0 Å². The summed E-state index contributed by atoms with van der Waals surface area (Å²) in [6, 6.07) is 0. The number of hydrogen-bond acceptors (Lipinski definition) is 3. The fraction of sp³-hybridized carbons (Fsp3) is 0.857. The van der Waals surface area contributed by atoms with Crippen LogP contribution in [0.25, 0.3) is 0 Å². The molecule has 2 fully saturated rings. The van der Waals surface area contributed by atoms with Gasteiger partial charge in [0.1, 0.15) is 12.4 Å². The Morgan fingerprint density at radius 1 is 1.41 bits per heavy atom. The highest BCUT2D eigenvalue weighted by molar-refractivity contribution is 5.66. The van der Waals surface area contributed by atoms with Crippen molar-refractivity contribution in [1.29, 1.82) is 0 Å². The van der Waals surface area contributed by atoms with E-state index in [0.29, 0.717) is 18.3 Å². The Morgan fingerprint density at radius 3 is 2.82 bits per heavy atom. The number of carbonyl (C=O) groups is 2. The molecule has 0 amide bonds. The SMILES string of the molecule is CC(=O)O[C@H]1CCC[C@]2(C)C(CC=O)CCC12. The fourth-order valence-corrected chi connectivity index (χ4v) is 4.09. The monoisotopic (exact) mass is 238 g/mol. The van der Waals surface area contributed by atoms with Crippen LogP contribution in [0.5, 0.6) is 0 Å². The number of rotatable bonds is 3. The lowest BCUT2D eigenvalue weighted by Crippen LogP contribution is -2.41. The second-order valence-electron chi connectivity index (χ2n) is 5.83. The van der Waals surface area contributed by atoms with Gasteiger partial charge in [0.15, 0.2) is 0 Å². The van der Waals surface area contributed by atoms with E-state index in [4.69, 9.17) is 4.74 Å². The van der Waals surface area contributed by atoms with E-state index >= 15 is 0 Å². The molecule has 0 aliphatic heterocycles. The second kappa shape index (κ2) is 4.79. The van der Waals surface area contributed by atoms with Crippen molar-refractivity contribution in [3.8, 4) is 0 Å². The zero-order valence-electron chi connectivity index (χ0n) is 10.8. The predicted octanol–water partition coefficient (Wildman–Crippen LogP) is 2.72. The molecule has 0 radical (unpaired) electrons. The van der Waals surface area contributed by atoms with Crippen molar-refractivity contribution in [2.24, 2.45) is 17.3 Å². The number of fused-ring (bicyclic) bond motifs is 1. The largest absolute Gasteiger partial charge is 0.462 e. The minimum absolute atomic E-state index is 0.0860. The van der Waals surface area contributed by atoms with Crippen molar-refractivity contribution in [3.63, 3.8) is 0 Å². The highest BCUT2D eigenvalue weighted by Crippen LogP contribution is 2.56. The summed E-state index contributed by atoms with van der Waals surface area (Å²) >= 11 is 0. The minimum Gasteiger partial charge on any atom is -0.462 e. The van der Waals surface area contributed by atoms with Crippen LogP contribution in [-0.4, -0.2) is 18.4 Å². The minimum atomic E-state index is -0.168. The van der Waals surface area contributed by atoms with Gasteiger partial charge in [-0.1, -0.05) is 6.92 Å². The maximum absolute atomic E-state index is 11.1. The summed E-state index contributed by atoms with van der Waals surface area (Å²) in [6.07, 6.45) is 7.29. The molecule has 0 bridgehead atoms. The fourth-order valence-electron chi connectivity index (χ4n) is 4.09. The standard InChI is InChI=1S/C14H22O3/c1-10(16)17-13-4-3-8-14(2)11(7-9-15)5-6-12(13)14/h9,11-13H,3-8H2,1-2H3/t11?,12?,13-,14+/m0/s1. The Morgan fingerprint density at radius 2 is 2.18 bits per heavy atom. The Kier molecular flexibility index (Phi) is 3.55. The summed E-state index contributed by atoms with van der Waals surface area (Å²) in [5.74, 6) is 0.784. The first-order chi connectivity index (χ1) is 8.08. The first kappa shape index (κ1) is 12.6. The summed E-state index contributed by atoms with van der Waals surface area (Å²) in [5.41, 5.74) is 0.208. The maximum Gasteiger partial charge on any atom is 0.302 e. The third-order valence-electron chi connectivity index (χ3n) is 4.96. The molecule has 3 heteroatoms. The molecular weight excluding hydrogens is 216 g/mol. The van der Waals surface area contributed by atoms with Crippen LogP contribution in [0, 0.1) is 17.3 Å². The summed E-state index contributed by atoms with van der Waals surface area (Å²) in [6.45, 7) is 3.78. The molecule has 4 atom stereocenters. The lowest BCUT2D eigenvalue weighted by atomic mass is 9.64. The normalized spacial score (nSPS) is 40.7. The van der Waals surface area contributed by atoms with E-state index in [1.165, 1.54) is 13.3 Å². The molecule has 2 aliphatic carbocycles. The van der Waals surface area contributed by atoms with E-state index < -0.39 is 0 Å². The van der Waals surface area contributed by atoms with E-state index in [1.807, 2.05) is 0 Å². The Labute approximate surface area is 103 Å². The van der Waals surface area contributed by atoms with Crippen LogP contribution in [-0.2, 0) is 14.3 Å². The quantitative estimate of drug-likeness (QED) is 0.561. The van der Waals surface area contributed by atoms with Gasteiger partial charge in [0.2, 0.25) is 0 Å². The molecule has 0 spiro atoms. The van der Waals surface area contributed by atoms with Crippen molar-refractivity contribution < 1.29 is 14.3 Å². The average molecular weight is 238 g/mol. The van der Waals surface area contributed by atoms with Crippen LogP contribution in [0.2, 0.25) is 0 Å². The van der Waals surface area contributed by atoms with Crippen molar-refractivity contribution in [2.75, 3.05) is 0 Å². The van der Waals surface area contributed by atoms with Crippen LogP contribution >= 0.6 is 0 Å². The topological polar surface area (TPSA) is 43.4 Å². The first-order valence-corrected chi connectivity index (χ1v) is 6.69. The lowest BCUT2D eigenvalue weighted by molar-refractivity contribution is -0.155. The van der Waals surface area contributed by atoms with E-state index in [1.54, 1.807) is 0 Å². The zero-order chi connectivity index (χ0) is 12.5. The molecule has 2 saturated carbocycles. The van der Waals surface area contributed by atoms with Gasteiger partial charge in [0.05, 0.1) is 0 Å².